The number of hydrogen-bond acceptors (Lipinski definition) is 5. The van der Waals surface area contributed by atoms with Crippen LogP contribution in [0.15, 0.2) is 59.5 Å². The Morgan fingerprint density at radius 2 is 1.74 bits per heavy atom. The molecule has 0 saturated carbocycles. The number of esters is 1. The fourth-order valence-electron chi connectivity index (χ4n) is 3.68. The van der Waals surface area contributed by atoms with Crippen molar-refractivity contribution in [2.45, 2.75) is 36.9 Å². The number of rotatable bonds is 7. The van der Waals surface area contributed by atoms with Gasteiger partial charge in [0.2, 0.25) is 10.0 Å². The summed E-state index contributed by atoms with van der Waals surface area (Å²) in [4.78, 5) is 24.0. The summed E-state index contributed by atoms with van der Waals surface area (Å²) in [7, 11) is -4.14. The Kier molecular flexibility index (Phi) is 7.98. The van der Waals surface area contributed by atoms with Gasteiger partial charge in [-0.3, -0.25) is 9.59 Å². The number of carbonyl (C=O) groups excluding carboxylic acids is 2. The summed E-state index contributed by atoms with van der Waals surface area (Å²) >= 11 is 0. The second-order valence-corrected chi connectivity index (χ2v) is 9.95. The fourth-order valence-corrected chi connectivity index (χ4v) is 5.19. The molecular formula is C23H25F3N2O5S. The van der Waals surface area contributed by atoms with Crippen LogP contribution in [0.2, 0.25) is 0 Å². The normalized spacial score (nSPS) is 16.6. The highest BCUT2D eigenvalue weighted by Crippen LogP contribution is 2.32. The molecule has 2 aromatic rings. The van der Waals surface area contributed by atoms with Crippen molar-refractivity contribution in [2.24, 2.45) is 5.92 Å². The van der Waals surface area contributed by atoms with E-state index in [0.717, 1.165) is 28.1 Å². The van der Waals surface area contributed by atoms with Gasteiger partial charge in [0.1, 0.15) is 0 Å². The van der Waals surface area contributed by atoms with Crippen molar-refractivity contribution >= 4 is 21.9 Å². The highest BCUT2D eigenvalue weighted by Gasteiger charge is 2.35. The minimum absolute atomic E-state index is 0.0460. The number of carbonyl (C=O) groups is 2. The lowest BCUT2D eigenvalue weighted by Gasteiger charge is -2.30. The standard InChI is InChI=1S/C23H25F3N2O5S/c1-16(17-6-3-2-4-7-17)27-21(29)15-33-22(30)18-10-12-28(13-11-18)34(31,32)20-9-5-8-19(14-20)23(24,25)26/h2-9,14,16,18H,10-13,15H2,1H3,(H,27,29). The number of nitrogens with zero attached hydrogens (tertiary/aromatic N) is 1. The molecule has 1 fully saturated rings. The van der Waals surface area contributed by atoms with Crippen molar-refractivity contribution in [3.63, 3.8) is 0 Å². The Morgan fingerprint density at radius 3 is 2.35 bits per heavy atom. The van der Waals surface area contributed by atoms with E-state index in [9.17, 15) is 31.2 Å². The lowest BCUT2D eigenvalue weighted by molar-refractivity contribution is -0.153. The first-order valence-corrected chi connectivity index (χ1v) is 12.1. The third kappa shape index (κ3) is 6.35. The third-order valence-corrected chi connectivity index (χ3v) is 7.50. The summed E-state index contributed by atoms with van der Waals surface area (Å²) in [6.45, 7) is 1.25. The molecular weight excluding hydrogens is 473 g/mol. The van der Waals surface area contributed by atoms with Gasteiger partial charge in [0, 0.05) is 13.1 Å². The molecule has 1 heterocycles. The maximum absolute atomic E-state index is 12.9. The zero-order valence-electron chi connectivity index (χ0n) is 18.4. The maximum Gasteiger partial charge on any atom is 0.416 e. The van der Waals surface area contributed by atoms with Gasteiger partial charge in [0.15, 0.2) is 6.61 Å². The van der Waals surface area contributed by atoms with Gasteiger partial charge in [-0.2, -0.15) is 17.5 Å². The molecule has 1 saturated heterocycles. The van der Waals surface area contributed by atoms with Crippen LogP contribution in [0.3, 0.4) is 0 Å². The van der Waals surface area contributed by atoms with E-state index in [1.807, 2.05) is 30.3 Å². The molecule has 11 heteroatoms. The summed E-state index contributed by atoms with van der Waals surface area (Å²) in [6.07, 6.45) is -4.38. The molecule has 184 valence electrons. The molecule has 0 aromatic heterocycles. The van der Waals surface area contributed by atoms with Crippen molar-refractivity contribution in [1.29, 1.82) is 0 Å². The first kappa shape index (κ1) is 25.7. The second-order valence-electron chi connectivity index (χ2n) is 8.01. The van der Waals surface area contributed by atoms with Crippen LogP contribution in [0.1, 0.15) is 36.9 Å². The van der Waals surface area contributed by atoms with Gasteiger partial charge in [-0.15, -0.1) is 0 Å². The number of hydrogen-bond donors (Lipinski definition) is 1. The van der Waals surface area contributed by atoms with E-state index in [0.29, 0.717) is 6.07 Å². The molecule has 0 bridgehead atoms. The van der Waals surface area contributed by atoms with Gasteiger partial charge in [-0.25, -0.2) is 8.42 Å². The minimum Gasteiger partial charge on any atom is -0.455 e. The van der Waals surface area contributed by atoms with Crippen LogP contribution in [0, 0.1) is 5.92 Å². The second kappa shape index (κ2) is 10.6. The summed E-state index contributed by atoms with van der Waals surface area (Å²) in [5.74, 6) is -1.68. The number of amides is 1. The Hall–Kier alpha value is -2.92. The molecule has 1 unspecified atom stereocenters. The van der Waals surface area contributed by atoms with Crippen LogP contribution in [-0.2, 0) is 30.5 Å². The first-order chi connectivity index (χ1) is 16.0. The zero-order valence-corrected chi connectivity index (χ0v) is 19.2. The summed E-state index contributed by atoms with van der Waals surface area (Å²) in [6, 6.07) is 12.6. The van der Waals surface area contributed by atoms with Crippen LogP contribution in [0.4, 0.5) is 13.2 Å². The van der Waals surface area contributed by atoms with Crippen molar-refractivity contribution in [3.05, 3.63) is 65.7 Å². The van der Waals surface area contributed by atoms with Crippen molar-refractivity contribution in [3.8, 4) is 0 Å². The number of alkyl halides is 3. The molecule has 1 N–H and O–H groups in total. The van der Waals surface area contributed by atoms with Crippen molar-refractivity contribution in [1.82, 2.24) is 9.62 Å². The molecule has 34 heavy (non-hydrogen) atoms. The topological polar surface area (TPSA) is 92.8 Å². The molecule has 3 rings (SSSR count). The van der Waals surface area contributed by atoms with Gasteiger partial charge in [-0.1, -0.05) is 36.4 Å². The quantitative estimate of drug-likeness (QED) is 0.590. The van der Waals surface area contributed by atoms with Gasteiger partial charge >= 0.3 is 12.1 Å². The van der Waals surface area contributed by atoms with Crippen LogP contribution >= 0.6 is 0 Å². The maximum atomic E-state index is 12.9. The summed E-state index contributed by atoms with van der Waals surface area (Å²) in [5.41, 5.74) is -0.150. The van der Waals surface area contributed by atoms with Crippen LogP contribution in [0.25, 0.3) is 0 Å². The molecule has 1 amide bonds. The zero-order chi connectivity index (χ0) is 24.9. The van der Waals surface area contributed by atoms with E-state index in [-0.39, 0.29) is 32.0 Å². The molecule has 7 nitrogen and oxygen atoms in total. The Balaban J connectivity index is 1.50. The summed E-state index contributed by atoms with van der Waals surface area (Å²) in [5, 5.41) is 2.73. The highest BCUT2D eigenvalue weighted by molar-refractivity contribution is 7.89. The predicted molar refractivity (Wildman–Crippen MR) is 117 cm³/mol. The Labute approximate surface area is 196 Å². The molecule has 0 aliphatic carbocycles. The number of sulfonamides is 1. The minimum atomic E-state index is -4.66. The molecule has 1 atom stereocenters. The van der Waals surface area contributed by atoms with Crippen LogP contribution < -0.4 is 5.32 Å². The van der Waals surface area contributed by atoms with Crippen molar-refractivity contribution < 1.29 is 35.9 Å². The van der Waals surface area contributed by atoms with Crippen molar-refractivity contribution in [2.75, 3.05) is 19.7 Å². The SMILES string of the molecule is CC(NC(=O)COC(=O)C1CCN(S(=O)(=O)c2cccc(C(F)(F)F)c2)CC1)c1ccccc1. The monoisotopic (exact) mass is 498 g/mol. The molecule has 1 aliphatic heterocycles. The average Bonchev–Trinajstić information content (AvgIpc) is 2.82. The molecule has 0 spiro atoms. The van der Waals surface area contributed by atoms with E-state index in [1.165, 1.54) is 0 Å². The van der Waals surface area contributed by atoms with Gasteiger partial charge in [0.25, 0.3) is 5.91 Å². The number of piperidine rings is 1. The predicted octanol–water partition coefficient (Wildman–Crippen LogP) is 3.53. The molecule has 1 aliphatic rings. The van der Waals surface area contributed by atoms with Gasteiger partial charge in [-0.05, 0) is 43.5 Å². The number of ether oxygens (including phenoxy) is 1. The summed E-state index contributed by atoms with van der Waals surface area (Å²) < 4.78 is 70.5. The molecule has 0 radical (unpaired) electrons. The van der Waals surface area contributed by atoms with Gasteiger partial charge in [0.05, 0.1) is 22.4 Å². The molecule has 2 aromatic carbocycles. The van der Waals surface area contributed by atoms with E-state index >= 15 is 0 Å². The largest absolute Gasteiger partial charge is 0.455 e. The lowest BCUT2D eigenvalue weighted by Crippen LogP contribution is -2.41. The van der Waals surface area contributed by atoms with E-state index < -0.39 is 51.1 Å². The average molecular weight is 499 g/mol. The highest BCUT2D eigenvalue weighted by atomic mass is 32.2. The van der Waals surface area contributed by atoms with E-state index in [1.54, 1.807) is 6.92 Å². The van der Waals surface area contributed by atoms with E-state index in [4.69, 9.17) is 4.74 Å². The Morgan fingerprint density at radius 1 is 1.09 bits per heavy atom. The smallest absolute Gasteiger partial charge is 0.416 e. The third-order valence-electron chi connectivity index (χ3n) is 5.61. The fraction of sp³-hybridized carbons (Fsp3) is 0.391. The van der Waals surface area contributed by atoms with Gasteiger partial charge < -0.3 is 10.1 Å². The first-order valence-electron chi connectivity index (χ1n) is 10.7. The number of nitrogens with one attached hydrogen (secondary N) is 1. The lowest BCUT2D eigenvalue weighted by atomic mass is 9.98. The number of halogens is 3. The van der Waals surface area contributed by atoms with Crippen LogP contribution in [0.5, 0.6) is 0 Å². The van der Waals surface area contributed by atoms with Crippen LogP contribution in [-0.4, -0.2) is 44.3 Å². The van der Waals surface area contributed by atoms with E-state index in [2.05, 4.69) is 5.32 Å². The number of benzene rings is 2. The Bertz CT molecular complexity index is 1110.